The highest BCUT2D eigenvalue weighted by molar-refractivity contribution is 6.30. The number of piperidine rings is 1. The maximum atomic E-state index is 12.6. The lowest BCUT2D eigenvalue weighted by Gasteiger charge is -2.35. The summed E-state index contributed by atoms with van der Waals surface area (Å²) in [5, 5.41) is 6.38. The van der Waals surface area contributed by atoms with Gasteiger partial charge in [0, 0.05) is 29.7 Å². The summed E-state index contributed by atoms with van der Waals surface area (Å²) in [6.07, 6.45) is 7.61. The molecule has 33 heavy (non-hydrogen) atoms. The first-order chi connectivity index (χ1) is 16.0. The molecule has 2 N–H and O–H groups in total. The Morgan fingerprint density at radius 2 is 2.15 bits per heavy atom. The zero-order valence-electron chi connectivity index (χ0n) is 18.9. The number of benzene rings is 2. The predicted octanol–water partition coefficient (Wildman–Crippen LogP) is 5.10. The molecule has 0 aliphatic carbocycles. The second-order valence-electron chi connectivity index (χ2n) is 8.53. The van der Waals surface area contributed by atoms with Crippen LogP contribution in [0, 0.1) is 0 Å². The average molecular weight is 468 g/mol. The topological polar surface area (TPSA) is 70.7 Å². The van der Waals surface area contributed by atoms with Crippen LogP contribution < -0.4 is 15.4 Å². The van der Waals surface area contributed by atoms with Crippen LogP contribution >= 0.6 is 11.6 Å². The molecule has 2 aliphatic heterocycles. The molecule has 0 aromatic heterocycles. The first-order valence-electron chi connectivity index (χ1n) is 11.7. The number of ether oxygens (including phenoxy) is 1. The van der Waals surface area contributed by atoms with Crippen LogP contribution in [0.1, 0.15) is 54.9 Å². The lowest BCUT2D eigenvalue weighted by Crippen LogP contribution is -2.40. The number of carbonyl (C=O) groups excluding carboxylic acids is 2. The fraction of sp³-hybridized carbons (Fsp3) is 0.385. The Labute approximate surface area is 199 Å². The Kier molecular flexibility index (Phi) is 7.68. The number of nitrogens with zero attached hydrogens (tertiary/aromatic N) is 1. The zero-order valence-corrected chi connectivity index (χ0v) is 19.7. The number of likely N-dealkylation sites (tertiary alicyclic amines) is 1. The van der Waals surface area contributed by atoms with Gasteiger partial charge in [0.25, 0.3) is 11.8 Å². The minimum absolute atomic E-state index is 0.155. The van der Waals surface area contributed by atoms with Gasteiger partial charge in [-0.3, -0.25) is 9.59 Å². The molecule has 174 valence electrons. The first-order valence-corrected chi connectivity index (χ1v) is 12.0. The lowest BCUT2D eigenvalue weighted by atomic mass is 10.00. The van der Waals surface area contributed by atoms with Gasteiger partial charge in [0.2, 0.25) is 0 Å². The van der Waals surface area contributed by atoms with E-state index in [1.54, 1.807) is 36.4 Å². The van der Waals surface area contributed by atoms with Crippen molar-refractivity contribution in [2.75, 3.05) is 25.0 Å². The summed E-state index contributed by atoms with van der Waals surface area (Å²) in [6, 6.07) is 12.9. The van der Waals surface area contributed by atoms with Gasteiger partial charge in [-0.25, -0.2) is 0 Å². The summed E-state index contributed by atoms with van der Waals surface area (Å²) in [5.74, 6) is 0.144. The summed E-state index contributed by atoms with van der Waals surface area (Å²) in [6.45, 7) is 5.04. The van der Waals surface area contributed by atoms with E-state index in [0.717, 1.165) is 25.1 Å². The second kappa shape index (κ2) is 10.9. The van der Waals surface area contributed by atoms with E-state index < -0.39 is 0 Å². The van der Waals surface area contributed by atoms with Crippen molar-refractivity contribution in [2.45, 2.75) is 45.1 Å². The third-order valence-electron chi connectivity index (χ3n) is 6.21. The summed E-state index contributed by atoms with van der Waals surface area (Å²) in [5.41, 5.74) is 1.74. The van der Waals surface area contributed by atoms with Gasteiger partial charge in [0.1, 0.15) is 0 Å². The fourth-order valence-corrected chi connectivity index (χ4v) is 4.65. The van der Waals surface area contributed by atoms with Crippen LogP contribution in [0.15, 0.2) is 48.2 Å². The summed E-state index contributed by atoms with van der Waals surface area (Å²) in [4.78, 5) is 27.7. The van der Waals surface area contributed by atoms with Crippen LogP contribution in [0.3, 0.4) is 0 Å². The zero-order chi connectivity index (χ0) is 23.2. The minimum Gasteiger partial charge on any atom is -0.449 e. The van der Waals surface area contributed by atoms with E-state index >= 15 is 0 Å². The van der Waals surface area contributed by atoms with E-state index in [9.17, 15) is 9.59 Å². The summed E-state index contributed by atoms with van der Waals surface area (Å²) < 4.78 is 5.78. The highest BCUT2D eigenvalue weighted by Crippen LogP contribution is 2.32. The Balaban J connectivity index is 1.33. The molecule has 1 saturated heterocycles. The SMILES string of the molecule is CC[C@H]1CCCCN1CCCNC(=O)c1ccc2c(c1)NC(=O)/C(=C/c1cccc(Cl)c1)O2. The van der Waals surface area contributed by atoms with Crippen molar-refractivity contribution in [3.05, 3.63) is 64.4 Å². The summed E-state index contributed by atoms with van der Waals surface area (Å²) in [7, 11) is 0. The molecule has 7 heteroatoms. The number of rotatable bonds is 7. The van der Waals surface area contributed by atoms with Crippen molar-refractivity contribution >= 4 is 35.2 Å². The first kappa shape index (κ1) is 23.3. The van der Waals surface area contributed by atoms with E-state index in [1.165, 1.54) is 25.7 Å². The quantitative estimate of drug-likeness (QED) is 0.439. The number of halogens is 1. The predicted molar refractivity (Wildman–Crippen MR) is 132 cm³/mol. The maximum absolute atomic E-state index is 12.6. The van der Waals surface area contributed by atoms with Gasteiger partial charge in [-0.15, -0.1) is 0 Å². The minimum atomic E-state index is -0.368. The van der Waals surface area contributed by atoms with Gasteiger partial charge in [0.05, 0.1) is 5.69 Å². The fourth-order valence-electron chi connectivity index (χ4n) is 4.45. The molecule has 2 aromatic carbocycles. The molecule has 2 amide bonds. The van der Waals surface area contributed by atoms with Crippen molar-refractivity contribution in [3.8, 4) is 5.75 Å². The third-order valence-corrected chi connectivity index (χ3v) is 6.44. The number of hydrogen-bond acceptors (Lipinski definition) is 4. The van der Waals surface area contributed by atoms with Crippen molar-refractivity contribution in [1.29, 1.82) is 0 Å². The molecule has 1 atom stereocenters. The van der Waals surface area contributed by atoms with Gasteiger partial charge in [-0.1, -0.05) is 37.1 Å². The molecule has 2 aliphatic rings. The van der Waals surface area contributed by atoms with Gasteiger partial charge in [-0.2, -0.15) is 0 Å². The highest BCUT2D eigenvalue weighted by Gasteiger charge is 2.23. The molecule has 0 bridgehead atoms. The molecule has 2 aromatic rings. The van der Waals surface area contributed by atoms with Crippen molar-refractivity contribution in [3.63, 3.8) is 0 Å². The molecule has 0 saturated carbocycles. The smallest absolute Gasteiger partial charge is 0.291 e. The normalized spacial score (nSPS) is 19.5. The number of carbonyl (C=O) groups is 2. The highest BCUT2D eigenvalue weighted by atomic mass is 35.5. The van der Waals surface area contributed by atoms with Crippen molar-refractivity contribution < 1.29 is 14.3 Å². The molecule has 1 fully saturated rings. The lowest BCUT2D eigenvalue weighted by molar-refractivity contribution is -0.115. The van der Waals surface area contributed by atoms with Crippen molar-refractivity contribution in [2.24, 2.45) is 0 Å². The monoisotopic (exact) mass is 467 g/mol. The van der Waals surface area contributed by atoms with Gasteiger partial charge in [-0.05, 0) is 74.2 Å². The van der Waals surface area contributed by atoms with Crippen LogP contribution in [-0.4, -0.2) is 42.4 Å². The van der Waals surface area contributed by atoms with Gasteiger partial charge >= 0.3 is 0 Å². The molecule has 0 unspecified atom stereocenters. The molecular formula is C26H30ClN3O3. The van der Waals surface area contributed by atoms with Crippen LogP contribution in [0.4, 0.5) is 5.69 Å². The molecule has 0 spiro atoms. The van der Waals surface area contributed by atoms with E-state index in [1.807, 2.05) is 12.1 Å². The van der Waals surface area contributed by atoms with Crippen LogP contribution in [0.2, 0.25) is 5.02 Å². The van der Waals surface area contributed by atoms with Crippen molar-refractivity contribution in [1.82, 2.24) is 10.2 Å². The van der Waals surface area contributed by atoms with E-state index in [2.05, 4.69) is 22.5 Å². The largest absolute Gasteiger partial charge is 0.449 e. The number of fused-ring (bicyclic) bond motifs is 1. The Bertz CT molecular complexity index is 1050. The van der Waals surface area contributed by atoms with Crippen LogP contribution in [-0.2, 0) is 4.79 Å². The van der Waals surface area contributed by atoms with E-state index in [0.29, 0.717) is 34.6 Å². The third kappa shape index (κ3) is 5.95. The molecule has 0 radical (unpaired) electrons. The van der Waals surface area contributed by atoms with Gasteiger partial charge < -0.3 is 20.3 Å². The molecule has 6 nitrogen and oxygen atoms in total. The Morgan fingerprint density at radius 1 is 1.27 bits per heavy atom. The average Bonchev–Trinajstić information content (AvgIpc) is 2.82. The second-order valence-corrected chi connectivity index (χ2v) is 8.97. The maximum Gasteiger partial charge on any atom is 0.291 e. The van der Waals surface area contributed by atoms with Gasteiger partial charge in [0.15, 0.2) is 11.5 Å². The van der Waals surface area contributed by atoms with Crippen LogP contribution in [0.5, 0.6) is 5.75 Å². The Hall–Kier alpha value is -2.83. The molecule has 2 heterocycles. The number of amides is 2. The summed E-state index contributed by atoms with van der Waals surface area (Å²) >= 11 is 6.01. The number of anilines is 1. The van der Waals surface area contributed by atoms with Crippen LogP contribution in [0.25, 0.3) is 6.08 Å². The molecule has 4 rings (SSSR count). The number of hydrogen-bond donors (Lipinski definition) is 2. The standard InChI is InChI=1S/C26H30ClN3O3/c1-2-21-9-3-4-13-30(21)14-6-12-28-25(31)19-10-11-23-22(17-19)29-26(32)24(33-23)16-18-7-5-8-20(27)15-18/h5,7-8,10-11,15-17,21H,2-4,6,9,12-14H2,1H3,(H,28,31)(H,29,32)/b24-16-/t21-/m0/s1. The van der Waals surface area contributed by atoms with E-state index in [4.69, 9.17) is 16.3 Å². The Morgan fingerprint density at radius 3 is 2.97 bits per heavy atom. The number of nitrogens with one attached hydrogen (secondary N) is 2. The molecular weight excluding hydrogens is 438 g/mol. The van der Waals surface area contributed by atoms with E-state index in [-0.39, 0.29) is 17.6 Å².